The zero-order valence-corrected chi connectivity index (χ0v) is 23.8. The van der Waals surface area contributed by atoms with Gasteiger partial charge in [-0.05, 0) is 68.0 Å². The van der Waals surface area contributed by atoms with Crippen molar-refractivity contribution in [2.45, 2.75) is 71.5 Å². The van der Waals surface area contributed by atoms with Crippen molar-refractivity contribution in [3.8, 4) is 0 Å². The van der Waals surface area contributed by atoms with Crippen LogP contribution in [0.2, 0.25) is 0 Å². The number of halogens is 9. The summed E-state index contributed by atoms with van der Waals surface area (Å²) < 4.78 is 152. The molecule has 2 N–H and O–H groups in total. The van der Waals surface area contributed by atoms with Crippen molar-refractivity contribution in [2.75, 3.05) is 18.4 Å². The highest BCUT2D eigenvalue weighted by Crippen LogP contribution is 2.57. The van der Waals surface area contributed by atoms with Crippen LogP contribution >= 0.6 is 0 Å². The number of anilines is 1. The summed E-state index contributed by atoms with van der Waals surface area (Å²) in [5.74, 6) is -4.04. The lowest BCUT2D eigenvalue weighted by molar-refractivity contribution is -0.348. The molecule has 1 saturated carbocycles. The maximum Gasteiger partial charge on any atom is 0.435 e. The van der Waals surface area contributed by atoms with Crippen LogP contribution in [0.4, 0.5) is 45.2 Å². The van der Waals surface area contributed by atoms with Crippen LogP contribution in [0.5, 0.6) is 0 Å². The smallest absolute Gasteiger partial charge is 0.435 e. The molecule has 17 heteroatoms. The fourth-order valence-corrected chi connectivity index (χ4v) is 9.05. The van der Waals surface area contributed by atoms with Crippen molar-refractivity contribution in [3.05, 3.63) is 59.4 Å². The van der Waals surface area contributed by atoms with Crippen LogP contribution < -0.4 is 5.32 Å². The lowest BCUT2D eigenvalue weighted by Gasteiger charge is -2.44. The largest absolute Gasteiger partial charge is 0.481 e. The van der Waals surface area contributed by atoms with E-state index in [1.807, 2.05) is 0 Å². The predicted molar refractivity (Wildman–Crippen MR) is 139 cm³/mol. The lowest BCUT2D eigenvalue weighted by atomic mass is 9.78. The molecule has 0 spiro atoms. The van der Waals surface area contributed by atoms with E-state index in [0.717, 1.165) is 29.2 Å². The molecule has 2 aliphatic heterocycles. The number of nitrogens with one attached hydrogen (secondary N) is 1. The fourth-order valence-electron chi connectivity index (χ4n) is 6.74. The number of benzene rings is 2. The van der Waals surface area contributed by atoms with Gasteiger partial charge in [-0.15, -0.1) is 0 Å². The molecule has 2 aromatic rings. The second kappa shape index (κ2) is 10.5. The number of hydrogen-bond donors (Lipinski definition) is 2. The molecular weight excluding hydrogens is 647 g/mol. The van der Waals surface area contributed by atoms with Crippen molar-refractivity contribution in [3.63, 3.8) is 0 Å². The lowest BCUT2D eigenvalue weighted by Crippen LogP contribution is -2.59. The van der Waals surface area contributed by atoms with Gasteiger partial charge in [0.2, 0.25) is 0 Å². The SMILES string of the molecule is O=C(O)C1CCC(F)(C(=O)N2CCC3(S(=O)(=O)c4ccc(F)cc4)c4ccc(C(F)(C(F)(F)F)C(F)(F)F)cc4NCC23)CC1. The number of carboxylic acid groups (broad SMARTS) is 1. The number of rotatable bonds is 5. The molecule has 2 aromatic carbocycles. The summed E-state index contributed by atoms with van der Waals surface area (Å²) in [7, 11) is -4.77. The van der Waals surface area contributed by atoms with Crippen molar-refractivity contribution in [1.82, 2.24) is 4.90 Å². The van der Waals surface area contributed by atoms with Gasteiger partial charge in [0.15, 0.2) is 15.5 Å². The predicted octanol–water partition coefficient (Wildman–Crippen LogP) is 5.79. The molecule has 2 unspecified atom stereocenters. The fraction of sp³-hybridized carbons (Fsp3) is 0.500. The number of fused-ring (bicyclic) bond motifs is 3. The first-order valence-electron chi connectivity index (χ1n) is 13.6. The summed E-state index contributed by atoms with van der Waals surface area (Å²) in [6, 6.07) is 2.91. The molecule has 0 bridgehead atoms. The van der Waals surface area contributed by atoms with E-state index in [1.54, 1.807) is 0 Å². The normalized spacial score (nSPS) is 27.4. The van der Waals surface area contributed by atoms with Gasteiger partial charge in [0.25, 0.3) is 5.91 Å². The maximum atomic E-state index is 16.1. The van der Waals surface area contributed by atoms with E-state index in [0.29, 0.717) is 6.07 Å². The number of carbonyl (C=O) groups excluding carboxylic acids is 1. The minimum absolute atomic E-state index is 0.167. The number of amides is 1. The van der Waals surface area contributed by atoms with Gasteiger partial charge in [-0.1, -0.05) is 12.1 Å². The number of hydrogen-bond acceptors (Lipinski definition) is 5. The Kier molecular flexibility index (Phi) is 7.69. The molecule has 0 aromatic heterocycles. The standard InChI is InChI=1S/C28H25F9N2O5S/c29-17-2-4-18(5-3-17)45(43,44)25-11-12-39(23(42)24(30)9-7-15(8-10-24)22(40)41)21(25)14-38-20-13-16(1-6-19(20)25)26(31,27(32,33)34)28(35,36)37/h1-6,13,15,21,38H,7-12,14H2,(H,40,41). The molecule has 0 radical (unpaired) electrons. The number of alkyl halides is 8. The van der Waals surface area contributed by atoms with Crippen LogP contribution in [0.1, 0.15) is 43.2 Å². The second-order valence-electron chi connectivity index (χ2n) is 11.5. The quantitative estimate of drug-likeness (QED) is 0.308. The summed E-state index contributed by atoms with van der Waals surface area (Å²) in [4.78, 5) is 25.4. The second-order valence-corrected chi connectivity index (χ2v) is 13.7. The molecule has 2 atom stereocenters. The molecular formula is C28H25F9N2O5S. The van der Waals surface area contributed by atoms with Gasteiger partial charge in [0.05, 0.1) is 16.9 Å². The first kappa shape index (κ1) is 32.9. The van der Waals surface area contributed by atoms with Gasteiger partial charge in [-0.2, -0.15) is 26.3 Å². The van der Waals surface area contributed by atoms with Gasteiger partial charge < -0.3 is 15.3 Å². The molecule has 1 amide bonds. The Morgan fingerprint density at radius 3 is 2.02 bits per heavy atom. The Hall–Kier alpha value is -3.50. The van der Waals surface area contributed by atoms with E-state index < -0.39 is 122 Å². The average molecular weight is 673 g/mol. The third-order valence-electron chi connectivity index (χ3n) is 9.15. The Morgan fingerprint density at radius 2 is 1.49 bits per heavy atom. The van der Waals surface area contributed by atoms with E-state index in [1.165, 1.54) is 0 Å². The van der Waals surface area contributed by atoms with Crippen LogP contribution in [0, 0.1) is 11.7 Å². The summed E-state index contributed by atoms with van der Waals surface area (Å²) in [6.07, 6.45) is -14.7. The van der Waals surface area contributed by atoms with E-state index in [2.05, 4.69) is 5.32 Å². The van der Waals surface area contributed by atoms with Crippen LogP contribution in [-0.2, 0) is 29.8 Å². The van der Waals surface area contributed by atoms with E-state index in [4.69, 9.17) is 0 Å². The van der Waals surface area contributed by atoms with Crippen molar-refractivity contribution < 1.29 is 62.6 Å². The minimum atomic E-state index is -6.44. The minimum Gasteiger partial charge on any atom is -0.481 e. The van der Waals surface area contributed by atoms with Gasteiger partial charge >= 0.3 is 24.0 Å². The molecule has 246 valence electrons. The molecule has 45 heavy (non-hydrogen) atoms. The topological polar surface area (TPSA) is 104 Å². The Bertz CT molecular complexity index is 1610. The molecule has 1 aliphatic carbocycles. The third kappa shape index (κ3) is 4.83. The monoisotopic (exact) mass is 672 g/mol. The van der Waals surface area contributed by atoms with Gasteiger partial charge in [0, 0.05) is 24.3 Å². The molecule has 2 heterocycles. The van der Waals surface area contributed by atoms with Crippen molar-refractivity contribution in [2.24, 2.45) is 5.92 Å². The first-order chi connectivity index (χ1) is 20.7. The maximum absolute atomic E-state index is 16.1. The molecule has 5 rings (SSSR count). The van der Waals surface area contributed by atoms with Gasteiger partial charge in [0.1, 0.15) is 10.6 Å². The van der Waals surface area contributed by atoms with Crippen molar-refractivity contribution in [1.29, 1.82) is 0 Å². The highest BCUT2D eigenvalue weighted by Gasteiger charge is 2.74. The highest BCUT2D eigenvalue weighted by molar-refractivity contribution is 7.92. The molecule has 3 aliphatic rings. The average Bonchev–Trinajstić information content (AvgIpc) is 3.37. The number of likely N-dealkylation sites (tertiary alicyclic amines) is 1. The molecule has 1 saturated heterocycles. The van der Waals surface area contributed by atoms with E-state index in [-0.39, 0.29) is 25.0 Å². The van der Waals surface area contributed by atoms with Crippen molar-refractivity contribution >= 4 is 27.4 Å². The number of carbonyl (C=O) groups is 2. The summed E-state index contributed by atoms with van der Waals surface area (Å²) in [5, 5.41) is 11.8. The number of carboxylic acids is 1. The summed E-state index contributed by atoms with van der Waals surface area (Å²) >= 11 is 0. The number of aliphatic carboxylic acids is 1. The van der Waals surface area contributed by atoms with Gasteiger partial charge in [-0.25, -0.2) is 21.6 Å². The van der Waals surface area contributed by atoms with Crippen LogP contribution in [0.3, 0.4) is 0 Å². The number of sulfone groups is 1. The Morgan fingerprint density at radius 1 is 0.911 bits per heavy atom. The first-order valence-corrected chi connectivity index (χ1v) is 15.1. The third-order valence-corrected chi connectivity index (χ3v) is 11.7. The van der Waals surface area contributed by atoms with Crippen LogP contribution in [0.15, 0.2) is 47.4 Å². The Balaban J connectivity index is 1.64. The highest BCUT2D eigenvalue weighted by atomic mass is 32.2. The van der Waals surface area contributed by atoms with E-state index in [9.17, 15) is 58.2 Å². The zero-order chi connectivity index (χ0) is 33.4. The van der Waals surface area contributed by atoms with E-state index >= 15 is 4.39 Å². The summed E-state index contributed by atoms with van der Waals surface area (Å²) in [6.45, 7) is -1.02. The number of nitrogens with zero attached hydrogens (tertiary/aromatic N) is 1. The summed E-state index contributed by atoms with van der Waals surface area (Å²) in [5.41, 5.74) is -11.2. The molecule has 2 fully saturated rings. The zero-order valence-electron chi connectivity index (χ0n) is 23.0. The Labute approximate surface area is 250 Å². The van der Waals surface area contributed by atoms with Gasteiger partial charge in [-0.3, -0.25) is 9.59 Å². The van der Waals surface area contributed by atoms with Crippen LogP contribution in [0.25, 0.3) is 0 Å². The van der Waals surface area contributed by atoms with Crippen LogP contribution in [-0.4, -0.2) is 67.5 Å². The molecule has 7 nitrogen and oxygen atoms in total.